The highest BCUT2D eigenvalue weighted by atomic mass is 127. The van der Waals surface area contributed by atoms with E-state index in [1.807, 2.05) is 0 Å². The number of hydrogen-bond acceptors (Lipinski definition) is 4. The molecule has 0 saturated carbocycles. The van der Waals surface area contributed by atoms with E-state index in [0.29, 0.717) is 18.5 Å². The van der Waals surface area contributed by atoms with Crippen molar-refractivity contribution in [1.82, 2.24) is 20.4 Å². The van der Waals surface area contributed by atoms with Crippen molar-refractivity contribution in [3.63, 3.8) is 0 Å². The lowest BCUT2D eigenvalue weighted by atomic mass is 10.0. The molecule has 2 rings (SSSR count). The van der Waals surface area contributed by atoms with E-state index >= 15 is 0 Å². The summed E-state index contributed by atoms with van der Waals surface area (Å²) in [6.07, 6.45) is 1.17. The number of nitrogens with zero attached hydrogens (tertiary/aromatic N) is 3. The fraction of sp³-hybridized carbons (Fsp3) is 0.696. The zero-order valence-corrected chi connectivity index (χ0v) is 21.8. The molecule has 30 heavy (non-hydrogen) atoms. The van der Waals surface area contributed by atoms with Gasteiger partial charge in [-0.15, -0.1) is 24.0 Å². The predicted octanol–water partition coefficient (Wildman–Crippen LogP) is 3.17. The molecule has 1 aliphatic heterocycles. The van der Waals surface area contributed by atoms with Crippen LogP contribution in [0.4, 0.5) is 0 Å². The number of halogens is 1. The summed E-state index contributed by atoms with van der Waals surface area (Å²) in [6, 6.07) is 9.15. The largest absolute Gasteiger partial charge is 0.379 e. The van der Waals surface area contributed by atoms with Gasteiger partial charge in [0.05, 0.1) is 19.8 Å². The minimum atomic E-state index is 0. The maximum Gasteiger partial charge on any atom is 0.191 e. The van der Waals surface area contributed by atoms with Gasteiger partial charge in [0.25, 0.3) is 0 Å². The van der Waals surface area contributed by atoms with Crippen molar-refractivity contribution in [1.29, 1.82) is 0 Å². The van der Waals surface area contributed by atoms with Crippen LogP contribution in [0.2, 0.25) is 0 Å². The smallest absolute Gasteiger partial charge is 0.191 e. The number of guanidine groups is 1. The lowest BCUT2D eigenvalue weighted by molar-refractivity contribution is 0.0341. The van der Waals surface area contributed by atoms with Gasteiger partial charge < -0.3 is 20.3 Å². The number of hydrogen-bond donors (Lipinski definition) is 2. The molecule has 0 bridgehead atoms. The Morgan fingerprint density at radius 1 is 1.13 bits per heavy atom. The molecule has 6 nitrogen and oxygen atoms in total. The zero-order chi connectivity index (χ0) is 21.1. The van der Waals surface area contributed by atoms with Gasteiger partial charge in [0.15, 0.2) is 5.96 Å². The van der Waals surface area contributed by atoms with Crippen LogP contribution in [0.3, 0.4) is 0 Å². The molecule has 7 heteroatoms. The van der Waals surface area contributed by atoms with Crippen LogP contribution in [-0.2, 0) is 17.8 Å². The summed E-state index contributed by atoms with van der Waals surface area (Å²) in [5, 5.41) is 6.94. The molecule has 2 N–H and O–H groups in total. The number of rotatable bonds is 10. The van der Waals surface area contributed by atoms with Crippen LogP contribution in [0.15, 0.2) is 29.3 Å². The molecular formula is C23H42IN5O. The van der Waals surface area contributed by atoms with Crippen LogP contribution in [0.25, 0.3) is 0 Å². The van der Waals surface area contributed by atoms with Gasteiger partial charge in [0, 0.05) is 38.8 Å². The maximum atomic E-state index is 5.48. The fourth-order valence-electron chi connectivity index (χ4n) is 3.61. The molecule has 0 aromatic heterocycles. The van der Waals surface area contributed by atoms with Crippen LogP contribution in [0.5, 0.6) is 0 Å². The number of morpholine rings is 1. The minimum Gasteiger partial charge on any atom is -0.379 e. The van der Waals surface area contributed by atoms with E-state index in [-0.39, 0.29) is 24.0 Å². The Bertz CT molecular complexity index is 617. The summed E-state index contributed by atoms with van der Waals surface area (Å²) in [5.41, 5.74) is 2.66. The van der Waals surface area contributed by atoms with Crippen LogP contribution >= 0.6 is 24.0 Å². The summed E-state index contributed by atoms with van der Waals surface area (Å²) in [7, 11) is 4.31. The summed E-state index contributed by atoms with van der Waals surface area (Å²) < 4.78 is 5.48. The molecule has 1 saturated heterocycles. The molecule has 0 amide bonds. The fourth-order valence-corrected chi connectivity index (χ4v) is 3.61. The molecule has 1 aromatic carbocycles. The van der Waals surface area contributed by atoms with Crippen molar-refractivity contribution in [2.45, 2.75) is 46.3 Å². The van der Waals surface area contributed by atoms with Gasteiger partial charge in [-0.2, -0.15) is 0 Å². The first-order chi connectivity index (χ1) is 14.0. The maximum absolute atomic E-state index is 5.48. The molecule has 1 atom stereocenters. The van der Waals surface area contributed by atoms with E-state index in [0.717, 1.165) is 51.9 Å². The first kappa shape index (κ1) is 27.1. The molecular weight excluding hydrogens is 489 g/mol. The van der Waals surface area contributed by atoms with Crippen LogP contribution in [0.1, 0.15) is 38.3 Å². The van der Waals surface area contributed by atoms with Crippen LogP contribution in [0, 0.1) is 5.92 Å². The standard InChI is InChI=1S/C23H41N5O.HI/c1-6-24-23(26-17-22(27(4)5)15-19(2)3)25-16-20-9-7-8-10-21(20)18-28-11-13-29-14-12-28;/h7-10,19,22H,6,11-18H2,1-5H3,(H2,24,25,26);1H. The molecule has 1 heterocycles. The van der Waals surface area contributed by atoms with E-state index < -0.39 is 0 Å². The number of nitrogens with one attached hydrogen (secondary N) is 2. The highest BCUT2D eigenvalue weighted by Gasteiger charge is 2.15. The van der Waals surface area contributed by atoms with E-state index in [9.17, 15) is 0 Å². The topological polar surface area (TPSA) is 52.1 Å². The van der Waals surface area contributed by atoms with Crippen molar-refractivity contribution in [2.75, 3.05) is 53.5 Å². The van der Waals surface area contributed by atoms with Gasteiger partial charge in [0.2, 0.25) is 0 Å². The molecule has 1 aromatic rings. The third kappa shape index (κ3) is 9.94. The van der Waals surface area contributed by atoms with Crippen LogP contribution < -0.4 is 10.6 Å². The highest BCUT2D eigenvalue weighted by Crippen LogP contribution is 2.14. The molecule has 0 spiro atoms. The van der Waals surface area contributed by atoms with Gasteiger partial charge in [0.1, 0.15) is 0 Å². The lowest BCUT2D eigenvalue weighted by Gasteiger charge is -2.27. The Morgan fingerprint density at radius 3 is 2.40 bits per heavy atom. The molecule has 1 aliphatic rings. The monoisotopic (exact) mass is 531 g/mol. The van der Waals surface area contributed by atoms with Crippen molar-refractivity contribution in [2.24, 2.45) is 10.9 Å². The van der Waals surface area contributed by atoms with Crippen LogP contribution in [-0.4, -0.2) is 75.3 Å². The van der Waals surface area contributed by atoms with Crippen molar-refractivity contribution < 1.29 is 4.74 Å². The molecule has 1 fully saturated rings. The Morgan fingerprint density at radius 2 is 1.80 bits per heavy atom. The second-order valence-electron chi connectivity index (χ2n) is 8.48. The molecule has 0 aliphatic carbocycles. The molecule has 172 valence electrons. The van der Waals surface area contributed by atoms with Gasteiger partial charge in [-0.1, -0.05) is 38.1 Å². The second-order valence-corrected chi connectivity index (χ2v) is 8.48. The Kier molecular flexibility index (Phi) is 13.6. The number of benzene rings is 1. The third-order valence-electron chi connectivity index (χ3n) is 5.35. The summed E-state index contributed by atoms with van der Waals surface area (Å²) in [6.45, 7) is 13.8. The van der Waals surface area contributed by atoms with Gasteiger partial charge in [-0.3, -0.25) is 4.90 Å². The third-order valence-corrected chi connectivity index (χ3v) is 5.35. The minimum absolute atomic E-state index is 0. The Balaban J connectivity index is 0.00000450. The predicted molar refractivity (Wildman–Crippen MR) is 138 cm³/mol. The molecule has 0 radical (unpaired) electrons. The summed E-state index contributed by atoms with van der Waals surface area (Å²) >= 11 is 0. The van der Waals surface area contributed by atoms with Gasteiger partial charge in [-0.05, 0) is 44.5 Å². The first-order valence-corrected chi connectivity index (χ1v) is 11.0. The number of aliphatic imine (C=N–C) groups is 1. The van der Waals surface area contributed by atoms with E-state index in [1.165, 1.54) is 17.5 Å². The van der Waals surface area contributed by atoms with Crippen molar-refractivity contribution in [3.05, 3.63) is 35.4 Å². The summed E-state index contributed by atoms with van der Waals surface area (Å²) in [4.78, 5) is 9.64. The van der Waals surface area contributed by atoms with Gasteiger partial charge in [-0.25, -0.2) is 4.99 Å². The summed E-state index contributed by atoms with van der Waals surface area (Å²) in [5.74, 6) is 1.57. The van der Waals surface area contributed by atoms with E-state index in [1.54, 1.807) is 0 Å². The van der Waals surface area contributed by atoms with Crippen molar-refractivity contribution >= 4 is 29.9 Å². The Labute approximate surface area is 200 Å². The SMILES string of the molecule is CCNC(=NCc1ccccc1CN1CCOCC1)NCC(CC(C)C)N(C)C.I. The molecule has 1 unspecified atom stereocenters. The quantitative estimate of drug-likeness (QED) is 0.276. The van der Waals surface area contributed by atoms with E-state index in [2.05, 4.69) is 79.6 Å². The average molecular weight is 532 g/mol. The Hall–Kier alpha value is -0.900. The average Bonchev–Trinajstić information content (AvgIpc) is 2.70. The second kappa shape index (κ2) is 15.0. The zero-order valence-electron chi connectivity index (χ0n) is 19.5. The normalized spacial score (nSPS) is 16.4. The number of ether oxygens (including phenoxy) is 1. The van der Waals surface area contributed by atoms with Crippen molar-refractivity contribution in [3.8, 4) is 0 Å². The number of likely N-dealkylation sites (N-methyl/N-ethyl adjacent to an activating group) is 1. The first-order valence-electron chi connectivity index (χ1n) is 11.0. The lowest BCUT2D eigenvalue weighted by Crippen LogP contribution is -2.45. The van der Waals surface area contributed by atoms with Gasteiger partial charge >= 0.3 is 0 Å². The van der Waals surface area contributed by atoms with E-state index in [4.69, 9.17) is 9.73 Å². The highest BCUT2D eigenvalue weighted by molar-refractivity contribution is 14.0.